The van der Waals surface area contributed by atoms with E-state index in [1.165, 1.54) is 21.2 Å². The van der Waals surface area contributed by atoms with Gasteiger partial charge in [-0.1, -0.05) is 34.5 Å². The maximum Gasteiger partial charge on any atom is 0.0463 e. The molecule has 74 valence electrons. The molecule has 2 rings (SSSR count). The number of benzene rings is 1. The Morgan fingerprint density at radius 2 is 2.21 bits per heavy atom. The highest BCUT2D eigenvalue weighted by Crippen LogP contribution is 2.33. The molecule has 1 heterocycles. The first-order valence-corrected chi connectivity index (χ1v) is 6.89. The van der Waals surface area contributed by atoms with Gasteiger partial charge in [-0.05, 0) is 40.4 Å². The summed E-state index contributed by atoms with van der Waals surface area (Å²) in [7, 11) is 0. The van der Waals surface area contributed by atoms with Gasteiger partial charge in [0.05, 0.1) is 0 Å². The van der Waals surface area contributed by atoms with Gasteiger partial charge in [-0.25, -0.2) is 0 Å². The second-order valence-corrected chi connectivity index (χ2v) is 5.05. The Morgan fingerprint density at radius 3 is 2.86 bits per heavy atom. The lowest BCUT2D eigenvalue weighted by molar-refractivity contribution is 1.13. The van der Waals surface area contributed by atoms with Crippen LogP contribution in [0.25, 0.3) is 10.1 Å². The molecule has 0 nitrogen and oxygen atoms in total. The van der Waals surface area contributed by atoms with Crippen LogP contribution in [0.1, 0.15) is 18.1 Å². The Balaban J connectivity index is 2.82. The molecule has 0 saturated carbocycles. The average Bonchev–Trinajstić information content (AvgIpc) is 2.62. The number of hydrogen-bond acceptors (Lipinski definition) is 1. The number of alkyl halides is 1. The third-order valence-electron chi connectivity index (χ3n) is 2.42. The third kappa shape index (κ3) is 1.60. The molecule has 0 amide bonds. The van der Waals surface area contributed by atoms with Gasteiger partial charge in [0.25, 0.3) is 0 Å². The van der Waals surface area contributed by atoms with E-state index in [1.54, 1.807) is 11.3 Å². The molecule has 3 heteroatoms. The van der Waals surface area contributed by atoms with Crippen molar-refractivity contribution in [3.05, 3.63) is 33.7 Å². The molecule has 0 spiro atoms. The summed E-state index contributed by atoms with van der Waals surface area (Å²) in [5.41, 5.74) is 2.62. The summed E-state index contributed by atoms with van der Waals surface area (Å²) in [5.74, 6) is 0. The van der Waals surface area contributed by atoms with Gasteiger partial charge >= 0.3 is 0 Å². The van der Waals surface area contributed by atoms with E-state index in [-0.39, 0.29) is 0 Å². The number of rotatable bonds is 2. The fraction of sp³-hybridized carbons (Fsp3) is 0.273. The average molecular weight is 290 g/mol. The van der Waals surface area contributed by atoms with Crippen LogP contribution in [0.5, 0.6) is 0 Å². The molecule has 0 radical (unpaired) electrons. The van der Waals surface area contributed by atoms with Gasteiger partial charge in [-0.3, -0.25) is 0 Å². The molecule has 0 bridgehead atoms. The minimum atomic E-state index is 0.834. The lowest BCUT2D eigenvalue weighted by Crippen LogP contribution is -1.91. The fourth-order valence-corrected chi connectivity index (χ4v) is 3.75. The summed E-state index contributed by atoms with van der Waals surface area (Å²) in [6.07, 6.45) is 1.04. The Kier molecular flexibility index (Phi) is 3.15. The van der Waals surface area contributed by atoms with Gasteiger partial charge in [0.1, 0.15) is 0 Å². The highest BCUT2D eigenvalue weighted by molar-refractivity contribution is 9.08. The van der Waals surface area contributed by atoms with E-state index in [0.717, 1.165) is 16.8 Å². The highest BCUT2D eigenvalue weighted by Gasteiger charge is 2.10. The van der Waals surface area contributed by atoms with Gasteiger partial charge in [0.15, 0.2) is 0 Å². The molecule has 0 atom stereocenters. The molecule has 0 aliphatic rings. The topological polar surface area (TPSA) is 0 Å². The minimum absolute atomic E-state index is 0.834. The zero-order valence-electron chi connectivity index (χ0n) is 7.81. The van der Waals surface area contributed by atoms with E-state index in [2.05, 4.69) is 40.4 Å². The molecule has 1 aromatic carbocycles. The Labute approximate surface area is 101 Å². The first-order chi connectivity index (χ1) is 6.77. The number of halogens is 2. The highest BCUT2D eigenvalue weighted by atomic mass is 79.9. The third-order valence-corrected chi connectivity index (χ3v) is 4.18. The van der Waals surface area contributed by atoms with Crippen molar-refractivity contribution in [1.29, 1.82) is 0 Å². The first kappa shape index (κ1) is 10.5. The summed E-state index contributed by atoms with van der Waals surface area (Å²) in [5, 5.41) is 5.20. The molecule has 0 aliphatic carbocycles. The van der Waals surface area contributed by atoms with Crippen molar-refractivity contribution in [2.24, 2.45) is 0 Å². The van der Waals surface area contributed by atoms with Gasteiger partial charge in [0.2, 0.25) is 0 Å². The van der Waals surface area contributed by atoms with Crippen LogP contribution in [0.2, 0.25) is 5.02 Å². The number of thiophene rings is 1. The Morgan fingerprint density at radius 1 is 1.43 bits per heavy atom. The van der Waals surface area contributed by atoms with E-state index in [9.17, 15) is 0 Å². The largest absolute Gasteiger partial charge is 0.144 e. The lowest BCUT2D eigenvalue weighted by Gasteiger charge is -2.08. The molecular weight excluding hydrogens is 280 g/mol. The molecule has 0 N–H and O–H groups in total. The number of fused-ring (bicyclic) bond motifs is 1. The SMILES string of the molecule is CCc1c(CBr)c(Cl)cc2sccc12. The van der Waals surface area contributed by atoms with Crippen molar-refractivity contribution >= 4 is 49.0 Å². The van der Waals surface area contributed by atoms with Crippen LogP contribution in [0.15, 0.2) is 17.5 Å². The first-order valence-electron chi connectivity index (χ1n) is 4.51. The maximum atomic E-state index is 6.22. The van der Waals surface area contributed by atoms with Crippen LogP contribution in [-0.4, -0.2) is 0 Å². The second kappa shape index (κ2) is 4.21. The molecule has 0 fully saturated rings. The van der Waals surface area contributed by atoms with Crippen LogP contribution >= 0.6 is 38.9 Å². The summed E-state index contributed by atoms with van der Waals surface area (Å²) < 4.78 is 1.29. The summed E-state index contributed by atoms with van der Waals surface area (Å²) >= 11 is 11.5. The smallest absolute Gasteiger partial charge is 0.0463 e. The number of hydrogen-bond donors (Lipinski definition) is 0. The zero-order valence-corrected chi connectivity index (χ0v) is 11.0. The van der Waals surface area contributed by atoms with Crippen molar-refractivity contribution < 1.29 is 0 Å². The van der Waals surface area contributed by atoms with Gasteiger partial charge in [-0.2, -0.15) is 0 Å². The quantitative estimate of drug-likeness (QED) is 0.682. The van der Waals surface area contributed by atoms with Gasteiger partial charge < -0.3 is 0 Å². The predicted octanol–water partition coefficient (Wildman–Crippen LogP) is 5.01. The molecular formula is C11H10BrClS. The van der Waals surface area contributed by atoms with Crippen molar-refractivity contribution in [2.75, 3.05) is 0 Å². The van der Waals surface area contributed by atoms with Crippen molar-refractivity contribution in [2.45, 2.75) is 18.7 Å². The second-order valence-electron chi connectivity index (χ2n) is 3.14. The van der Waals surface area contributed by atoms with Crippen molar-refractivity contribution in [3.63, 3.8) is 0 Å². The predicted molar refractivity (Wildman–Crippen MR) is 68.8 cm³/mol. The van der Waals surface area contributed by atoms with Crippen LogP contribution in [0, 0.1) is 0 Å². The maximum absolute atomic E-state index is 6.22. The molecule has 14 heavy (non-hydrogen) atoms. The molecule has 0 saturated heterocycles. The summed E-state index contributed by atoms with van der Waals surface area (Å²) in [6, 6.07) is 4.25. The van der Waals surface area contributed by atoms with Gasteiger partial charge in [0, 0.05) is 15.1 Å². The van der Waals surface area contributed by atoms with E-state index in [0.29, 0.717) is 0 Å². The van der Waals surface area contributed by atoms with Crippen LogP contribution in [0.3, 0.4) is 0 Å². The van der Waals surface area contributed by atoms with Gasteiger partial charge in [-0.15, -0.1) is 11.3 Å². The summed E-state index contributed by atoms with van der Waals surface area (Å²) in [6.45, 7) is 2.18. The molecule has 0 aliphatic heterocycles. The van der Waals surface area contributed by atoms with Crippen molar-refractivity contribution in [3.8, 4) is 0 Å². The van der Waals surface area contributed by atoms with Crippen molar-refractivity contribution in [1.82, 2.24) is 0 Å². The monoisotopic (exact) mass is 288 g/mol. The fourth-order valence-electron chi connectivity index (χ4n) is 1.74. The minimum Gasteiger partial charge on any atom is -0.144 e. The molecule has 0 unspecified atom stereocenters. The zero-order chi connectivity index (χ0) is 10.1. The molecule has 2 aromatic rings. The van der Waals surface area contributed by atoms with Crippen LogP contribution < -0.4 is 0 Å². The summed E-state index contributed by atoms with van der Waals surface area (Å²) in [4.78, 5) is 0. The Bertz CT molecular complexity index is 462. The van der Waals surface area contributed by atoms with E-state index in [4.69, 9.17) is 11.6 Å². The molecule has 1 aromatic heterocycles. The van der Waals surface area contributed by atoms with E-state index in [1.807, 2.05) is 0 Å². The normalized spacial score (nSPS) is 11.1. The number of aryl methyl sites for hydroxylation is 1. The van der Waals surface area contributed by atoms with Crippen LogP contribution in [-0.2, 0) is 11.8 Å². The Hall–Kier alpha value is -0.0500. The van der Waals surface area contributed by atoms with E-state index >= 15 is 0 Å². The van der Waals surface area contributed by atoms with Crippen LogP contribution in [0.4, 0.5) is 0 Å². The lowest BCUT2D eigenvalue weighted by atomic mass is 10.0. The standard InChI is InChI=1S/C11H10BrClS/c1-2-7-8-3-4-14-11(8)5-10(13)9(7)6-12/h3-5H,2,6H2,1H3. The van der Waals surface area contributed by atoms with E-state index < -0.39 is 0 Å².